The van der Waals surface area contributed by atoms with Crippen LogP contribution in [0, 0.1) is 0 Å². The van der Waals surface area contributed by atoms with E-state index in [2.05, 4.69) is 51.9 Å². The van der Waals surface area contributed by atoms with Gasteiger partial charge in [-0.1, -0.05) is 12.1 Å². The number of ether oxygens (including phenoxy) is 1. The van der Waals surface area contributed by atoms with Gasteiger partial charge in [-0.05, 0) is 44.3 Å². The topological polar surface area (TPSA) is 66.7 Å². The summed E-state index contributed by atoms with van der Waals surface area (Å²) in [6, 6.07) is 10.3. The van der Waals surface area contributed by atoms with Gasteiger partial charge in [0.15, 0.2) is 5.96 Å². The number of aryl methyl sites for hydroxylation is 1. The van der Waals surface area contributed by atoms with Gasteiger partial charge in [-0.2, -0.15) is 5.10 Å². The summed E-state index contributed by atoms with van der Waals surface area (Å²) in [5, 5.41) is 11.0. The summed E-state index contributed by atoms with van der Waals surface area (Å²) >= 11 is 0. The van der Waals surface area contributed by atoms with Crippen LogP contribution in [0.25, 0.3) is 0 Å². The van der Waals surface area contributed by atoms with E-state index in [-0.39, 0.29) is 6.04 Å². The van der Waals surface area contributed by atoms with Crippen molar-refractivity contribution in [1.29, 1.82) is 0 Å². The van der Waals surface area contributed by atoms with Gasteiger partial charge in [0, 0.05) is 39.1 Å². The van der Waals surface area contributed by atoms with Crippen molar-refractivity contribution in [2.24, 2.45) is 4.99 Å². The van der Waals surface area contributed by atoms with Crippen molar-refractivity contribution in [3.05, 3.63) is 48.3 Å². The maximum Gasteiger partial charge on any atom is 0.191 e. The summed E-state index contributed by atoms with van der Waals surface area (Å²) in [4.78, 5) is 6.50. The Labute approximate surface area is 156 Å². The molecule has 1 aromatic heterocycles. The minimum Gasteiger partial charge on any atom is -0.497 e. The molecule has 0 spiro atoms. The third-order valence-corrected chi connectivity index (χ3v) is 4.20. The van der Waals surface area contributed by atoms with Crippen LogP contribution in [0.1, 0.15) is 18.0 Å². The van der Waals surface area contributed by atoms with Crippen LogP contribution in [0.3, 0.4) is 0 Å². The Morgan fingerprint density at radius 2 is 2.15 bits per heavy atom. The number of methoxy groups -OCH3 is 1. The fourth-order valence-electron chi connectivity index (χ4n) is 2.74. The monoisotopic (exact) mass is 358 g/mol. The van der Waals surface area contributed by atoms with Crippen molar-refractivity contribution in [3.8, 4) is 5.75 Å². The molecule has 142 valence electrons. The first-order valence-electron chi connectivity index (χ1n) is 8.86. The molecule has 0 aliphatic carbocycles. The molecule has 26 heavy (non-hydrogen) atoms. The summed E-state index contributed by atoms with van der Waals surface area (Å²) < 4.78 is 7.28. The molecule has 0 fully saturated rings. The van der Waals surface area contributed by atoms with Gasteiger partial charge in [-0.15, -0.1) is 0 Å². The second-order valence-electron chi connectivity index (χ2n) is 6.26. The summed E-state index contributed by atoms with van der Waals surface area (Å²) in [7, 11) is 7.63. The number of hydrogen-bond donors (Lipinski definition) is 2. The number of hydrogen-bond acceptors (Lipinski definition) is 4. The van der Waals surface area contributed by atoms with Crippen molar-refractivity contribution in [2.45, 2.75) is 19.0 Å². The lowest BCUT2D eigenvalue weighted by molar-refractivity contribution is 0.297. The van der Waals surface area contributed by atoms with E-state index < -0.39 is 0 Å². The van der Waals surface area contributed by atoms with Gasteiger partial charge in [0.25, 0.3) is 0 Å². The first kappa shape index (κ1) is 19.8. The molecule has 0 saturated heterocycles. The summed E-state index contributed by atoms with van der Waals surface area (Å²) in [6.07, 6.45) is 4.76. The van der Waals surface area contributed by atoms with Crippen molar-refractivity contribution < 1.29 is 4.74 Å². The van der Waals surface area contributed by atoms with Crippen LogP contribution in [-0.4, -0.2) is 62.0 Å². The second kappa shape index (κ2) is 10.5. The van der Waals surface area contributed by atoms with E-state index in [0.717, 1.165) is 37.8 Å². The van der Waals surface area contributed by atoms with E-state index >= 15 is 0 Å². The largest absolute Gasteiger partial charge is 0.497 e. The van der Waals surface area contributed by atoms with Gasteiger partial charge >= 0.3 is 0 Å². The van der Waals surface area contributed by atoms with Crippen LogP contribution >= 0.6 is 0 Å². The van der Waals surface area contributed by atoms with Crippen molar-refractivity contribution in [1.82, 2.24) is 25.3 Å². The van der Waals surface area contributed by atoms with Gasteiger partial charge < -0.3 is 20.3 Å². The van der Waals surface area contributed by atoms with E-state index in [1.165, 1.54) is 5.56 Å². The highest BCUT2D eigenvalue weighted by Gasteiger charge is 2.15. The Balaban J connectivity index is 1.83. The van der Waals surface area contributed by atoms with Crippen molar-refractivity contribution in [3.63, 3.8) is 0 Å². The molecule has 0 bridgehead atoms. The number of likely N-dealkylation sites (N-methyl/N-ethyl adjacent to an activating group) is 1. The zero-order chi connectivity index (χ0) is 18.8. The molecule has 0 aliphatic heterocycles. The van der Waals surface area contributed by atoms with Gasteiger partial charge in [-0.25, -0.2) is 0 Å². The Hall–Kier alpha value is -2.54. The van der Waals surface area contributed by atoms with Crippen LogP contribution in [0.15, 0.2) is 47.7 Å². The number of guanidine groups is 1. The van der Waals surface area contributed by atoms with Gasteiger partial charge in [0.2, 0.25) is 0 Å². The highest BCUT2D eigenvalue weighted by Crippen LogP contribution is 2.21. The summed E-state index contributed by atoms with van der Waals surface area (Å²) in [6.45, 7) is 2.48. The second-order valence-corrected chi connectivity index (χ2v) is 6.26. The van der Waals surface area contributed by atoms with Gasteiger partial charge in [0.05, 0.1) is 13.2 Å². The zero-order valence-electron chi connectivity index (χ0n) is 16.1. The Kier molecular flexibility index (Phi) is 7.95. The average molecular weight is 358 g/mol. The molecular weight excluding hydrogens is 328 g/mol. The summed E-state index contributed by atoms with van der Waals surface area (Å²) in [5.74, 6) is 1.68. The van der Waals surface area contributed by atoms with Crippen LogP contribution < -0.4 is 15.4 Å². The SMILES string of the molecule is CN=C(NCCCn1cccn1)NCC(c1cccc(OC)c1)N(C)C. The number of nitrogens with zero attached hydrogens (tertiary/aromatic N) is 4. The molecule has 1 unspecified atom stereocenters. The van der Waals surface area contributed by atoms with Crippen molar-refractivity contribution in [2.75, 3.05) is 41.3 Å². The van der Waals surface area contributed by atoms with Gasteiger partial charge in [-0.3, -0.25) is 9.67 Å². The lowest BCUT2D eigenvalue weighted by atomic mass is 10.1. The number of aliphatic imine (C=N–C) groups is 1. The number of rotatable bonds is 9. The lowest BCUT2D eigenvalue weighted by Crippen LogP contribution is -2.42. The van der Waals surface area contributed by atoms with Gasteiger partial charge in [0.1, 0.15) is 5.75 Å². The molecule has 0 saturated carbocycles. The highest BCUT2D eigenvalue weighted by atomic mass is 16.5. The molecule has 1 atom stereocenters. The molecule has 1 aromatic carbocycles. The minimum atomic E-state index is 0.215. The first-order valence-corrected chi connectivity index (χ1v) is 8.86. The quantitative estimate of drug-likeness (QED) is 0.406. The van der Waals surface area contributed by atoms with Crippen LogP contribution in [0.5, 0.6) is 5.75 Å². The predicted molar refractivity (Wildman–Crippen MR) is 106 cm³/mol. The van der Waals surface area contributed by atoms with E-state index in [0.29, 0.717) is 0 Å². The van der Waals surface area contributed by atoms with Crippen LogP contribution in [0.4, 0.5) is 0 Å². The summed E-state index contributed by atoms with van der Waals surface area (Å²) in [5.41, 5.74) is 1.20. The van der Waals surface area contributed by atoms with Crippen LogP contribution in [0.2, 0.25) is 0 Å². The van der Waals surface area contributed by atoms with Crippen molar-refractivity contribution >= 4 is 5.96 Å². The minimum absolute atomic E-state index is 0.215. The molecule has 2 N–H and O–H groups in total. The van der Waals surface area contributed by atoms with E-state index in [4.69, 9.17) is 4.74 Å². The Morgan fingerprint density at radius 1 is 1.31 bits per heavy atom. The molecule has 7 heteroatoms. The van der Waals surface area contributed by atoms with Crippen LogP contribution in [-0.2, 0) is 6.54 Å². The third-order valence-electron chi connectivity index (χ3n) is 4.20. The molecule has 0 amide bonds. The maximum atomic E-state index is 5.35. The first-order chi connectivity index (χ1) is 12.6. The fourth-order valence-corrected chi connectivity index (χ4v) is 2.74. The zero-order valence-corrected chi connectivity index (χ0v) is 16.1. The maximum absolute atomic E-state index is 5.35. The lowest BCUT2D eigenvalue weighted by Gasteiger charge is -2.26. The molecule has 2 rings (SSSR count). The Bertz CT molecular complexity index is 668. The molecule has 7 nitrogen and oxygen atoms in total. The molecule has 2 aromatic rings. The number of aromatic nitrogens is 2. The standard InChI is InChI=1S/C19H30N6O/c1-20-19(21-10-6-12-25-13-7-11-23-25)22-15-18(24(2)3)16-8-5-9-17(14-16)26-4/h5,7-9,11,13-14,18H,6,10,12,15H2,1-4H3,(H2,20,21,22). The Morgan fingerprint density at radius 3 is 2.81 bits per heavy atom. The molecule has 0 aliphatic rings. The van der Waals surface area contributed by atoms with E-state index in [1.54, 1.807) is 20.4 Å². The number of nitrogens with one attached hydrogen (secondary N) is 2. The molecule has 1 heterocycles. The molecular formula is C19H30N6O. The van der Waals surface area contributed by atoms with E-state index in [1.807, 2.05) is 29.1 Å². The predicted octanol–water partition coefficient (Wildman–Crippen LogP) is 1.75. The number of benzene rings is 1. The smallest absolute Gasteiger partial charge is 0.191 e. The highest BCUT2D eigenvalue weighted by molar-refractivity contribution is 5.79. The fraction of sp³-hybridized carbons (Fsp3) is 0.474. The normalized spacial score (nSPS) is 12.9. The average Bonchev–Trinajstić information content (AvgIpc) is 3.17. The van der Waals surface area contributed by atoms with E-state index in [9.17, 15) is 0 Å². The molecule has 0 radical (unpaired) electrons. The third kappa shape index (κ3) is 6.07.